The van der Waals surface area contributed by atoms with Gasteiger partial charge in [-0.2, -0.15) is 0 Å². The van der Waals surface area contributed by atoms with E-state index in [2.05, 4.69) is 24.5 Å². The van der Waals surface area contributed by atoms with Gasteiger partial charge in [0.15, 0.2) is 5.96 Å². The Morgan fingerprint density at radius 2 is 2.07 bits per heavy atom. The van der Waals surface area contributed by atoms with E-state index in [1.54, 1.807) is 0 Å². The molecule has 1 heterocycles. The van der Waals surface area contributed by atoms with Crippen LogP contribution in [0.15, 0.2) is 4.99 Å². The van der Waals surface area contributed by atoms with E-state index in [1.165, 1.54) is 25.7 Å². The van der Waals surface area contributed by atoms with Crippen LogP contribution in [0.4, 0.5) is 0 Å². The zero-order valence-electron chi connectivity index (χ0n) is 17.2. The molecule has 3 N–H and O–H groups in total. The number of ether oxygens (including phenoxy) is 2. The highest BCUT2D eigenvalue weighted by molar-refractivity contribution is 14.0. The summed E-state index contributed by atoms with van der Waals surface area (Å²) in [5, 5.41) is 16.2. The molecule has 2 aliphatic rings. The Kier molecular flexibility index (Phi) is 12.9. The van der Waals surface area contributed by atoms with Crippen molar-refractivity contribution in [1.29, 1.82) is 0 Å². The standard InChI is InChI=1S/C20H39N3O3.HI/c1-3-21-19(23-15-20(10-13-24)11-14-25-16-20)22-12-9-18(26-4-2)17-7-5-6-8-17;/h17-18,24H,3-16H2,1-2H3,(H2,21,22,23);1H. The lowest BCUT2D eigenvalue weighted by molar-refractivity contribution is 0.0169. The number of nitrogens with zero attached hydrogens (tertiary/aromatic N) is 1. The van der Waals surface area contributed by atoms with E-state index >= 15 is 0 Å². The Balaban J connectivity index is 0.00000364. The molecule has 0 aromatic carbocycles. The summed E-state index contributed by atoms with van der Waals surface area (Å²) in [6.45, 7) is 9.04. The molecule has 2 atom stereocenters. The van der Waals surface area contributed by atoms with Gasteiger partial charge in [-0.05, 0) is 51.9 Å². The van der Waals surface area contributed by atoms with Gasteiger partial charge < -0.3 is 25.2 Å². The van der Waals surface area contributed by atoms with Crippen LogP contribution in [0.1, 0.15) is 58.8 Å². The van der Waals surface area contributed by atoms with E-state index in [9.17, 15) is 5.11 Å². The first kappa shape index (κ1) is 24.9. The summed E-state index contributed by atoms with van der Waals surface area (Å²) in [7, 11) is 0. The summed E-state index contributed by atoms with van der Waals surface area (Å²) in [5.74, 6) is 1.58. The molecule has 0 amide bonds. The molecule has 1 aliphatic heterocycles. The Hall–Kier alpha value is -0.120. The number of aliphatic imine (C=N–C) groups is 1. The van der Waals surface area contributed by atoms with Gasteiger partial charge in [-0.25, -0.2) is 0 Å². The average Bonchev–Trinajstić information content (AvgIpc) is 3.32. The molecule has 0 bridgehead atoms. The van der Waals surface area contributed by atoms with Crippen molar-refractivity contribution in [2.75, 3.05) is 46.1 Å². The van der Waals surface area contributed by atoms with Gasteiger partial charge in [-0.1, -0.05) is 12.8 Å². The van der Waals surface area contributed by atoms with E-state index < -0.39 is 0 Å². The molecule has 0 spiro atoms. The predicted octanol–water partition coefficient (Wildman–Crippen LogP) is 2.93. The molecular formula is C20H40IN3O3. The normalized spacial score (nSPS) is 24.6. The second-order valence-electron chi connectivity index (χ2n) is 7.73. The highest BCUT2D eigenvalue weighted by Crippen LogP contribution is 2.32. The second-order valence-corrected chi connectivity index (χ2v) is 7.73. The fourth-order valence-corrected chi connectivity index (χ4v) is 4.21. The molecule has 0 radical (unpaired) electrons. The number of guanidine groups is 1. The molecule has 6 nitrogen and oxygen atoms in total. The first-order valence-corrected chi connectivity index (χ1v) is 10.6. The van der Waals surface area contributed by atoms with Crippen LogP contribution in [-0.2, 0) is 9.47 Å². The Morgan fingerprint density at radius 3 is 2.67 bits per heavy atom. The van der Waals surface area contributed by atoms with Gasteiger partial charge in [0.2, 0.25) is 0 Å². The maximum absolute atomic E-state index is 9.37. The largest absolute Gasteiger partial charge is 0.396 e. The topological polar surface area (TPSA) is 75.1 Å². The van der Waals surface area contributed by atoms with Gasteiger partial charge in [0.25, 0.3) is 0 Å². The Labute approximate surface area is 182 Å². The predicted molar refractivity (Wildman–Crippen MR) is 121 cm³/mol. The third-order valence-corrected chi connectivity index (χ3v) is 5.77. The summed E-state index contributed by atoms with van der Waals surface area (Å²) >= 11 is 0. The minimum atomic E-state index is -0.00515. The summed E-state index contributed by atoms with van der Waals surface area (Å²) in [6, 6.07) is 0. The van der Waals surface area contributed by atoms with Crippen LogP contribution in [0.25, 0.3) is 0 Å². The van der Waals surface area contributed by atoms with Crippen molar-refractivity contribution in [3.8, 4) is 0 Å². The lowest BCUT2D eigenvalue weighted by Gasteiger charge is -2.26. The lowest BCUT2D eigenvalue weighted by Crippen LogP contribution is -2.40. The Morgan fingerprint density at radius 1 is 1.30 bits per heavy atom. The number of aliphatic hydroxyl groups is 1. The van der Waals surface area contributed by atoms with Crippen LogP contribution < -0.4 is 10.6 Å². The molecule has 2 fully saturated rings. The van der Waals surface area contributed by atoms with Crippen molar-refractivity contribution >= 4 is 29.9 Å². The quantitative estimate of drug-likeness (QED) is 0.233. The van der Waals surface area contributed by atoms with Gasteiger partial charge in [0.1, 0.15) is 0 Å². The molecule has 27 heavy (non-hydrogen) atoms. The maximum Gasteiger partial charge on any atom is 0.191 e. The second kappa shape index (κ2) is 14.0. The zero-order chi connectivity index (χ0) is 18.7. The first-order chi connectivity index (χ1) is 12.7. The summed E-state index contributed by atoms with van der Waals surface area (Å²) in [5.41, 5.74) is -0.00515. The molecule has 160 valence electrons. The average molecular weight is 497 g/mol. The van der Waals surface area contributed by atoms with Crippen LogP contribution in [0.2, 0.25) is 0 Å². The minimum absolute atomic E-state index is 0. The number of nitrogens with one attached hydrogen (secondary N) is 2. The van der Waals surface area contributed by atoms with E-state index in [1.807, 2.05) is 0 Å². The van der Waals surface area contributed by atoms with Gasteiger partial charge in [-0.3, -0.25) is 4.99 Å². The Bertz CT molecular complexity index is 411. The molecule has 7 heteroatoms. The van der Waals surface area contributed by atoms with Gasteiger partial charge in [-0.15, -0.1) is 24.0 Å². The monoisotopic (exact) mass is 497 g/mol. The van der Waals surface area contributed by atoms with Crippen LogP contribution in [0, 0.1) is 11.3 Å². The third kappa shape index (κ3) is 8.41. The molecule has 1 aliphatic carbocycles. The van der Waals surface area contributed by atoms with Crippen molar-refractivity contribution in [2.45, 2.75) is 64.9 Å². The van der Waals surface area contributed by atoms with Crippen molar-refractivity contribution < 1.29 is 14.6 Å². The zero-order valence-corrected chi connectivity index (χ0v) is 19.5. The summed E-state index contributed by atoms with van der Waals surface area (Å²) in [6.07, 6.45) is 8.43. The fraction of sp³-hybridized carbons (Fsp3) is 0.950. The third-order valence-electron chi connectivity index (χ3n) is 5.77. The van der Waals surface area contributed by atoms with Crippen molar-refractivity contribution in [3.63, 3.8) is 0 Å². The van der Waals surface area contributed by atoms with E-state index in [0.717, 1.165) is 57.4 Å². The lowest BCUT2D eigenvalue weighted by atomic mass is 9.84. The SMILES string of the molecule is CCNC(=NCC1(CCO)CCOC1)NCCC(OCC)C1CCCC1.I. The van der Waals surface area contributed by atoms with Crippen LogP contribution in [0.3, 0.4) is 0 Å². The highest BCUT2D eigenvalue weighted by Gasteiger charge is 2.34. The smallest absolute Gasteiger partial charge is 0.191 e. The molecule has 1 saturated heterocycles. The van der Waals surface area contributed by atoms with Crippen molar-refractivity contribution in [1.82, 2.24) is 10.6 Å². The summed E-state index contributed by atoms with van der Waals surface area (Å²) in [4.78, 5) is 4.79. The molecule has 2 rings (SSSR count). The first-order valence-electron chi connectivity index (χ1n) is 10.6. The van der Waals surface area contributed by atoms with E-state index in [-0.39, 0.29) is 36.0 Å². The maximum atomic E-state index is 9.37. The van der Waals surface area contributed by atoms with Crippen molar-refractivity contribution in [3.05, 3.63) is 0 Å². The molecule has 0 aromatic heterocycles. The number of rotatable bonds is 11. The number of hydrogen-bond donors (Lipinski definition) is 3. The number of hydrogen-bond acceptors (Lipinski definition) is 4. The molecule has 1 saturated carbocycles. The summed E-state index contributed by atoms with van der Waals surface area (Å²) < 4.78 is 11.6. The molecular weight excluding hydrogens is 457 g/mol. The highest BCUT2D eigenvalue weighted by atomic mass is 127. The van der Waals surface area contributed by atoms with Crippen molar-refractivity contribution in [2.24, 2.45) is 16.3 Å². The van der Waals surface area contributed by atoms with Crippen LogP contribution in [-0.4, -0.2) is 63.2 Å². The van der Waals surface area contributed by atoms with Gasteiger partial charge >= 0.3 is 0 Å². The van der Waals surface area contributed by atoms with E-state index in [4.69, 9.17) is 14.5 Å². The van der Waals surface area contributed by atoms with Crippen LogP contribution in [0.5, 0.6) is 0 Å². The minimum Gasteiger partial charge on any atom is -0.396 e. The number of aliphatic hydroxyl groups excluding tert-OH is 1. The molecule has 2 unspecified atom stereocenters. The fourth-order valence-electron chi connectivity index (χ4n) is 4.21. The van der Waals surface area contributed by atoms with Gasteiger partial charge in [0.05, 0.1) is 19.3 Å². The number of halogens is 1. The van der Waals surface area contributed by atoms with Crippen LogP contribution >= 0.6 is 24.0 Å². The molecule has 0 aromatic rings. The van der Waals surface area contributed by atoms with Gasteiger partial charge in [0, 0.05) is 38.3 Å². The van der Waals surface area contributed by atoms with E-state index in [0.29, 0.717) is 19.3 Å².